The standard InChI is InChI=1S/C12H15NO4S/c14-10(5-8-1-3-17-4-2-8)13-11-6-9(7-18-11)12(15)16/h6-8H,1-5H2,(H,13,14)(H,15,16). The molecule has 1 aliphatic heterocycles. The van der Waals surface area contributed by atoms with Crippen molar-refractivity contribution in [1.29, 1.82) is 0 Å². The van der Waals surface area contributed by atoms with E-state index in [1.165, 1.54) is 22.8 Å². The maximum Gasteiger partial charge on any atom is 0.336 e. The minimum atomic E-state index is -0.976. The fourth-order valence-corrected chi connectivity index (χ4v) is 2.71. The van der Waals surface area contributed by atoms with E-state index in [1.807, 2.05) is 0 Å². The second-order valence-corrected chi connectivity index (χ2v) is 5.22. The van der Waals surface area contributed by atoms with Crippen molar-refractivity contribution in [3.05, 3.63) is 17.0 Å². The van der Waals surface area contributed by atoms with E-state index in [0.717, 1.165) is 26.1 Å². The van der Waals surface area contributed by atoms with E-state index in [-0.39, 0.29) is 11.5 Å². The van der Waals surface area contributed by atoms with E-state index in [1.54, 1.807) is 0 Å². The summed E-state index contributed by atoms with van der Waals surface area (Å²) in [4.78, 5) is 22.5. The van der Waals surface area contributed by atoms with Gasteiger partial charge in [-0.3, -0.25) is 4.79 Å². The molecule has 1 aliphatic rings. The van der Waals surface area contributed by atoms with Gasteiger partial charge in [0, 0.05) is 25.0 Å². The van der Waals surface area contributed by atoms with Gasteiger partial charge in [-0.05, 0) is 24.8 Å². The number of aromatic carboxylic acids is 1. The molecule has 0 aromatic carbocycles. The molecule has 5 nitrogen and oxygen atoms in total. The molecule has 18 heavy (non-hydrogen) atoms. The molecule has 0 saturated carbocycles. The zero-order valence-corrected chi connectivity index (χ0v) is 10.7. The lowest BCUT2D eigenvalue weighted by molar-refractivity contribution is -0.117. The number of hydrogen-bond acceptors (Lipinski definition) is 4. The molecule has 1 fully saturated rings. The molecule has 1 aromatic heterocycles. The van der Waals surface area contributed by atoms with Crippen molar-refractivity contribution < 1.29 is 19.4 Å². The first-order valence-electron chi connectivity index (χ1n) is 5.84. The lowest BCUT2D eigenvalue weighted by Crippen LogP contribution is -2.21. The summed E-state index contributed by atoms with van der Waals surface area (Å²) in [5.41, 5.74) is 0.210. The Balaban J connectivity index is 1.84. The van der Waals surface area contributed by atoms with E-state index in [2.05, 4.69) is 5.32 Å². The van der Waals surface area contributed by atoms with Crippen LogP contribution in [-0.2, 0) is 9.53 Å². The van der Waals surface area contributed by atoms with Crippen molar-refractivity contribution in [2.24, 2.45) is 5.92 Å². The molecule has 2 rings (SSSR count). The SMILES string of the molecule is O=C(CC1CCOCC1)Nc1cc(C(=O)O)cs1. The van der Waals surface area contributed by atoms with Crippen LogP contribution in [0.4, 0.5) is 5.00 Å². The average Bonchev–Trinajstić information content (AvgIpc) is 2.78. The number of ether oxygens (including phenoxy) is 1. The first kappa shape index (κ1) is 13.0. The van der Waals surface area contributed by atoms with Gasteiger partial charge in [-0.1, -0.05) is 0 Å². The van der Waals surface area contributed by atoms with Crippen LogP contribution in [0.1, 0.15) is 29.6 Å². The zero-order valence-electron chi connectivity index (χ0n) is 9.85. The Morgan fingerprint density at radius 1 is 1.44 bits per heavy atom. The highest BCUT2D eigenvalue weighted by molar-refractivity contribution is 7.14. The van der Waals surface area contributed by atoms with Crippen molar-refractivity contribution in [2.45, 2.75) is 19.3 Å². The maximum atomic E-state index is 11.8. The van der Waals surface area contributed by atoms with Gasteiger partial charge in [0.15, 0.2) is 0 Å². The molecule has 1 amide bonds. The maximum absolute atomic E-state index is 11.8. The van der Waals surface area contributed by atoms with Crippen LogP contribution in [0.2, 0.25) is 0 Å². The van der Waals surface area contributed by atoms with E-state index >= 15 is 0 Å². The van der Waals surface area contributed by atoms with Crippen molar-refractivity contribution in [3.8, 4) is 0 Å². The van der Waals surface area contributed by atoms with Gasteiger partial charge < -0.3 is 15.2 Å². The van der Waals surface area contributed by atoms with Crippen LogP contribution in [-0.4, -0.2) is 30.2 Å². The third kappa shape index (κ3) is 3.54. The summed E-state index contributed by atoms with van der Waals surface area (Å²) >= 11 is 1.23. The summed E-state index contributed by atoms with van der Waals surface area (Å²) in [7, 11) is 0. The largest absolute Gasteiger partial charge is 0.478 e. The molecule has 1 saturated heterocycles. The van der Waals surface area contributed by atoms with Crippen molar-refractivity contribution in [3.63, 3.8) is 0 Å². The lowest BCUT2D eigenvalue weighted by atomic mass is 9.96. The van der Waals surface area contributed by atoms with Gasteiger partial charge in [0.1, 0.15) is 0 Å². The summed E-state index contributed by atoms with van der Waals surface area (Å²) in [6.45, 7) is 1.44. The predicted molar refractivity (Wildman–Crippen MR) is 68.1 cm³/mol. The minimum absolute atomic E-state index is 0.0549. The highest BCUT2D eigenvalue weighted by atomic mass is 32.1. The van der Waals surface area contributed by atoms with Crippen LogP contribution in [0.25, 0.3) is 0 Å². The number of carbonyl (C=O) groups excluding carboxylic acids is 1. The number of anilines is 1. The average molecular weight is 269 g/mol. The van der Waals surface area contributed by atoms with Gasteiger partial charge >= 0.3 is 5.97 Å². The third-order valence-electron chi connectivity index (χ3n) is 2.92. The highest BCUT2D eigenvalue weighted by Gasteiger charge is 2.18. The highest BCUT2D eigenvalue weighted by Crippen LogP contribution is 2.23. The molecule has 0 radical (unpaired) electrons. The Labute approximate surface area is 109 Å². The van der Waals surface area contributed by atoms with Crippen LogP contribution in [0.15, 0.2) is 11.4 Å². The first-order valence-corrected chi connectivity index (χ1v) is 6.72. The van der Waals surface area contributed by atoms with Crippen molar-refractivity contribution >= 4 is 28.2 Å². The molecule has 0 atom stereocenters. The predicted octanol–water partition coefficient (Wildman–Crippen LogP) is 2.20. The molecule has 1 aromatic rings. The summed E-state index contributed by atoms with van der Waals surface area (Å²) in [6, 6.07) is 1.48. The summed E-state index contributed by atoms with van der Waals surface area (Å²) < 4.78 is 5.23. The second kappa shape index (κ2) is 5.97. The van der Waals surface area contributed by atoms with E-state index in [0.29, 0.717) is 17.3 Å². The van der Waals surface area contributed by atoms with Gasteiger partial charge in [-0.25, -0.2) is 4.79 Å². The monoisotopic (exact) mass is 269 g/mol. The van der Waals surface area contributed by atoms with E-state index < -0.39 is 5.97 Å². The lowest BCUT2D eigenvalue weighted by Gasteiger charge is -2.21. The Morgan fingerprint density at radius 3 is 2.78 bits per heavy atom. The second-order valence-electron chi connectivity index (χ2n) is 4.31. The number of thiophene rings is 1. The number of hydrogen-bond donors (Lipinski definition) is 2. The van der Waals surface area contributed by atoms with Crippen LogP contribution >= 0.6 is 11.3 Å². The number of carboxylic acids is 1. The fourth-order valence-electron chi connectivity index (χ4n) is 1.92. The molecular weight excluding hydrogens is 254 g/mol. The molecule has 0 spiro atoms. The Hall–Kier alpha value is -1.40. The van der Waals surface area contributed by atoms with Gasteiger partial charge in [0.2, 0.25) is 5.91 Å². The topological polar surface area (TPSA) is 75.6 Å². The molecule has 0 unspecified atom stereocenters. The van der Waals surface area contributed by atoms with Crippen LogP contribution in [0.5, 0.6) is 0 Å². The molecular formula is C12H15NO4S. The fraction of sp³-hybridized carbons (Fsp3) is 0.500. The summed E-state index contributed by atoms with van der Waals surface area (Å²) in [5, 5.41) is 13.6. The number of carboxylic acid groups (broad SMARTS) is 1. The first-order chi connectivity index (χ1) is 8.65. The zero-order chi connectivity index (χ0) is 13.0. The Morgan fingerprint density at radius 2 is 2.17 bits per heavy atom. The summed E-state index contributed by atoms with van der Waals surface area (Å²) in [6.07, 6.45) is 2.31. The number of carbonyl (C=O) groups is 2. The quantitative estimate of drug-likeness (QED) is 0.878. The number of rotatable bonds is 4. The summed E-state index contributed by atoms with van der Waals surface area (Å²) in [5.74, 6) is -0.658. The molecule has 0 bridgehead atoms. The minimum Gasteiger partial charge on any atom is -0.478 e. The smallest absolute Gasteiger partial charge is 0.336 e. The Bertz CT molecular complexity index is 437. The van der Waals surface area contributed by atoms with Gasteiger partial charge in [-0.2, -0.15) is 0 Å². The third-order valence-corrected chi connectivity index (χ3v) is 3.77. The van der Waals surface area contributed by atoms with Crippen molar-refractivity contribution in [1.82, 2.24) is 0 Å². The van der Waals surface area contributed by atoms with Gasteiger partial charge in [0.25, 0.3) is 0 Å². The van der Waals surface area contributed by atoms with E-state index in [9.17, 15) is 9.59 Å². The molecule has 6 heteroatoms. The number of amides is 1. The van der Waals surface area contributed by atoms with Crippen LogP contribution in [0, 0.1) is 5.92 Å². The Kier molecular flexibility index (Phi) is 4.33. The molecule has 2 N–H and O–H groups in total. The van der Waals surface area contributed by atoms with Crippen LogP contribution in [0.3, 0.4) is 0 Å². The molecule has 98 valence electrons. The molecule has 2 heterocycles. The van der Waals surface area contributed by atoms with Crippen molar-refractivity contribution in [2.75, 3.05) is 18.5 Å². The number of nitrogens with one attached hydrogen (secondary N) is 1. The van der Waals surface area contributed by atoms with Crippen LogP contribution < -0.4 is 5.32 Å². The molecule has 0 aliphatic carbocycles. The van der Waals surface area contributed by atoms with Gasteiger partial charge in [0.05, 0.1) is 10.6 Å². The normalized spacial score (nSPS) is 16.4. The van der Waals surface area contributed by atoms with Gasteiger partial charge in [-0.15, -0.1) is 11.3 Å². The van der Waals surface area contributed by atoms with E-state index in [4.69, 9.17) is 9.84 Å².